The number of para-hydroxylation sites is 2. The van der Waals surface area contributed by atoms with Crippen molar-refractivity contribution in [3.8, 4) is 0 Å². The number of hydrogen-bond acceptors (Lipinski definition) is 5. The van der Waals surface area contributed by atoms with Gasteiger partial charge in [-0.15, -0.1) is 0 Å². The molecule has 258 valence electrons. The number of allylic oxidation sites excluding steroid dienone is 1. The maximum atomic E-state index is 6.98. The molecule has 3 heterocycles. The van der Waals surface area contributed by atoms with Gasteiger partial charge in [0.05, 0.1) is 0 Å². The van der Waals surface area contributed by atoms with Crippen LogP contribution in [0.15, 0.2) is 160 Å². The van der Waals surface area contributed by atoms with Gasteiger partial charge in [-0.2, -0.15) is 0 Å². The van der Waals surface area contributed by atoms with Crippen molar-refractivity contribution >= 4 is 63.0 Å². The van der Waals surface area contributed by atoms with Crippen molar-refractivity contribution in [1.29, 1.82) is 0 Å². The van der Waals surface area contributed by atoms with Crippen LogP contribution in [0.2, 0.25) is 0 Å². The van der Waals surface area contributed by atoms with E-state index in [0.29, 0.717) is 8.58 Å². The van der Waals surface area contributed by atoms with E-state index >= 15 is 0 Å². The standard InChI is InChI=1S/C45H42N3OP2S/c1-50-28-27-35(29-32-15-5-2-6-16-32)42-36-21-11-13-23-38(36)46-43(49-42)40-25-26-41(52-40)44-47-39-24-14-12-22-37(39)45(51-44)48(30-33-17-7-3-8-18-33)31-34-19-9-4-10-20-34/h2-25,28,35,41-42,45,51H,1,26-27,29-31H2/q+1. The van der Waals surface area contributed by atoms with E-state index in [-0.39, 0.29) is 23.1 Å². The van der Waals surface area contributed by atoms with E-state index in [2.05, 4.69) is 163 Å². The van der Waals surface area contributed by atoms with Crippen molar-refractivity contribution in [1.82, 2.24) is 4.90 Å². The molecule has 0 spiro atoms. The SMILES string of the molecule is C=[P+]=CCC(Cc1ccccc1)C1OC(C2=CCC(C3=Nc4ccccc4C(N(Cc4ccccc4)Cc4ccccc4)P3)S2)=Nc2ccccc21. The van der Waals surface area contributed by atoms with Gasteiger partial charge in [0.25, 0.3) is 0 Å². The minimum absolute atomic E-state index is 0.0999. The molecule has 3 aliphatic rings. The molecule has 4 nitrogen and oxygen atoms in total. The van der Waals surface area contributed by atoms with E-state index in [9.17, 15) is 0 Å². The monoisotopic (exact) mass is 734 g/mol. The Bertz CT molecular complexity index is 2110. The van der Waals surface area contributed by atoms with Gasteiger partial charge in [-0.3, -0.25) is 4.90 Å². The molecule has 0 amide bonds. The molecule has 0 fully saturated rings. The van der Waals surface area contributed by atoms with Gasteiger partial charge in [-0.1, -0.05) is 78.9 Å². The summed E-state index contributed by atoms with van der Waals surface area (Å²) in [6, 6.07) is 49.8. The number of fused-ring (bicyclic) bond motifs is 2. The number of rotatable bonds is 12. The van der Waals surface area contributed by atoms with E-state index in [1.165, 1.54) is 27.7 Å². The Balaban J connectivity index is 1.06. The number of nitrogens with zero attached hydrogens (tertiary/aromatic N) is 3. The number of aliphatic imine (C=N–C) groups is 2. The van der Waals surface area contributed by atoms with Gasteiger partial charge in [0.2, 0.25) is 0 Å². The third kappa shape index (κ3) is 8.09. The average Bonchev–Trinajstić information content (AvgIpc) is 3.70. The average molecular weight is 735 g/mol. The second-order valence-corrected chi connectivity index (χ2v) is 16.8. The number of benzene rings is 5. The zero-order valence-corrected chi connectivity index (χ0v) is 31.8. The molecule has 3 aliphatic heterocycles. The number of hydrogen-bond donors (Lipinski definition) is 0. The summed E-state index contributed by atoms with van der Waals surface area (Å²) in [5.41, 5.74) is 9.81. The first kappa shape index (κ1) is 34.9. The van der Waals surface area contributed by atoms with Gasteiger partial charge in [0.15, 0.2) is 0 Å². The van der Waals surface area contributed by atoms with Gasteiger partial charge in [-0.05, 0) is 22.8 Å². The fourth-order valence-electron chi connectivity index (χ4n) is 7.35. The van der Waals surface area contributed by atoms with E-state index in [1.54, 1.807) is 0 Å². The summed E-state index contributed by atoms with van der Waals surface area (Å²) >= 11 is 1.87. The van der Waals surface area contributed by atoms with E-state index < -0.39 is 0 Å². The van der Waals surface area contributed by atoms with Crippen LogP contribution in [0.25, 0.3) is 0 Å². The van der Waals surface area contributed by atoms with Gasteiger partial charge in [0, 0.05) is 13.1 Å². The van der Waals surface area contributed by atoms with Crippen molar-refractivity contribution in [3.63, 3.8) is 0 Å². The Morgan fingerprint density at radius 2 is 1.33 bits per heavy atom. The first-order valence-corrected chi connectivity index (χ1v) is 21.1. The summed E-state index contributed by atoms with van der Waals surface area (Å²) in [6.45, 7) is 1.74. The first-order chi connectivity index (χ1) is 25.7. The maximum absolute atomic E-state index is 6.98. The molecule has 0 aliphatic carbocycles. The van der Waals surface area contributed by atoms with E-state index in [4.69, 9.17) is 14.7 Å². The van der Waals surface area contributed by atoms with Gasteiger partial charge in [-0.25, -0.2) is 0 Å². The van der Waals surface area contributed by atoms with Crippen molar-refractivity contribution in [2.45, 2.75) is 49.5 Å². The predicted octanol–water partition coefficient (Wildman–Crippen LogP) is 11.7. The Morgan fingerprint density at radius 1 is 0.750 bits per heavy atom. The van der Waals surface area contributed by atoms with Crippen molar-refractivity contribution in [2.24, 2.45) is 15.9 Å². The van der Waals surface area contributed by atoms with Crippen LogP contribution in [0, 0.1) is 5.92 Å². The Kier molecular flexibility index (Phi) is 11.2. The van der Waals surface area contributed by atoms with Gasteiger partial charge >= 0.3 is 197 Å². The Hall–Kier alpha value is -4.11. The molecule has 0 aromatic heterocycles. The molecule has 0 saturated carbocycles. The second-order valence-electron chi connectivity index (χ2n) is 13.5. The van der Waals surface area contributed by atoms with Crippen LogP contribution in [0.3, 0.4) is 0 Å². The van der Waals surface area contributed by atoms with Crippen LogP contribution in [-0.2, 0) is 24.2 Å². The Morgan fingerprint density at radius 3 is 1.98 bits per heavy atom. The fraction of sp³-hybridized carbons (Fsp3) is 0.200. The molecular weight excluding hydrogens is 693 g/mol. The third-order valence-electron chi connectivity index (χ3n) is 9.89. The molecule has 0 radical (unpaired) electrons. The van der Waals surface area contributed by atoms with Crippen LogP contribution < -0.4 is 0 Å². The van der Waals surface area contributed by atoms with Crippen LogP contribution in [0.5, 0.6) is 0 Å². The molecule has 8 rings (SSSR count). The zero-order chi connectivity index (χ0) is 35.1. The molecule has 0 N–H and O–H groups in total. The number of thioether (sulfide) groups is 1. The molecule has 0 saturated heterocycles. The van der Waals surface area contributed by atoms with E-state index in [1.807, 2.05) is 11.8 Å². The van der Waals surface area contributed by atoms with Crippen LogP contribution in [0.1, 0.15) is 52.5 Å². The quantitative estimate of drug-likeness (QED) is 0.120. The number of ether oxygens (including phenoxy) is 1. The third-order valence-corrected chi connectivity index (χ3v) is 13.6. The molecule has 0 bridgehead atoms. The molecular formula is C45H42N3OP2S+. The van der Waals surface area contributed by atoms with Crippen molar-refractivity contribution < 1.29 is 4.74 Å². The molecule has 7 heteroatoms. The van der Waals surface area contributed by atoms with Crippen LogP contribution in [0.4, 0.5) is 11.4 Å². The minimum atomic E-state index is -0.0999. The summed E-state index contributed by atoms with van der Waals surface area (Å²) in [5.74, 6) is 3.50. The zero-order valence-electron chi connectivity index (χ0n) is 29.1. The van der Waals surface area contributed by atoms with Gasteiger partial charge in [0.1, 0.15) is 0 Å². The second kappa shape index (κ2) is 16.7. The van der Waals surface area contributed by atoms with E-state index in [0.717, 1.165) is 67.9 Å². The summed E-state index contributed by atoms with van der Waals surface area (Å²) in [6.07, 6.45) is 9.07. The van der Waals surface area contributed by atoms with Crippen molar-refractivity contribution in [2.75, 3.05) is 0 Å². The molecule has 5 unspecified atom stereocenters. The molecule has 5 aromatic carbocycles. The van der Waals surface area contributed by atoms with Gasteiger partial charge < -0.3 is 0 Å². The Labute approximate surface area is 315 Å². The summed E-state index contributed by atoms with van der Waals surface area (Å²) in [5, 5.41) is 0.236. The normalized spacial score (nSPS) is 20.2. The van der Waals surface area contributed by atoms with Crippen molar-refractivity contribution in [3.05, 3.63) is 178 Å². The summed E-state index contributed by atoms with van der Waals surface area (Å²) in [7, 11) is 1.58. The van der Waals surface area contributed by atoms with Crippen LogP contribution in [-0.4, -0.2) is 33.6 Å². The topological polar surface area (TPSA) is 37.2 Å². The van der Waals surface area contributed by atoms with Crippen LogP contribution >= 0.6 is 28.2 Å². The molecule has 5 aromatic rings. The first-order valence-electron chi connectivity index (χ1n) is 18.0. The molecule has 5 atom stereocenters. The summed E-state index contributed by atoms with van der Waals surface area (Å²) in [4.78, 5) is 14.3. The summed E-state index contributed by atoms with van der Waals surface area (Å²) < 4.78 is 6.98. The molecule has 52 heavy (non-hydrogen) atoms. The predicted molar refractivity (Wildman–Crippen MR) is 227 cm³/mol. The fourth-order valence-corrected chi connectivity index (χ4v) is 10.7.